The Morgan fingerprint density at radius 1 is 1.10 bits per heavy atom. The molecule has 3 heteroatoms. The van der Waals surface area contributed by atoms with Gasteiger partial charge in [-0.1, -0.05) is 28.1 Å². The molecule has 0 radical (unpaired) electrons. The van der Waals surface area contributed by atoms with Gasteiger partial charge in [-0.15, -0.1) is 0 Å². The van der Waals surface area contributed by atoms with Crippen LogP contribution in [-0.2, 0) is 0 Å². The first kappa shape index (κ1) is 13.6. The summed E-state index contributed by atoms with van der Waals surface area (Å²) in [7, 11) is 0. The van der Waals surface area contributed by atoms with Crippen molar-refractivity contribution in [1.29, 1.82) is 0 Å². The molecule has 0 heterocycles. The summed E-state index contributed by atoms with van der Waals surface area (Å²) >= 11 is 3.51. The number of hydrogen-bond acceptors (Lipinski definition) is 1. The molecule has 0 saturated heterocycles. The Morgan fingerprint density at radius 3 is 2.45 bits per heavy atom. The van der Waals surface area contributed by atoms with Gasteiger partial charge in [-0.25, -0.2) is 4.39 Å². The van der Waals surface area contributed by atoms with E-state index in [4.69, 9.17) is 0 Å². The Labute approximate surface area is 127 Å². The molecule has 2 aromatic carbocycles. The topological polar surface area (TPSA) is 12.0 Å². The second-order valence-corrected chi connectivity index (χ2v) is 6.38. The number of nitrogens with one attached hydrogen (secondary N) is 1. The standard InChI is InChI=1S/C17H17BrFN/c1-11-8-15(6-7-17(11)18)20-16-9-13(10-16)12-2-4-14(19)5-3-12/h2-8,13,16,20H,9-10H2,1H3. The van der Waals surface area contributed by atoms with Crippen molar-refractivity contribution >= 4 is 21.6 Å². The molecular formula is C17H17BrFN. The maximum absolute atomic E-state index is 12.9. The lowest BCUT2D eigenvalue weighted by Gasteiger charge is -2.37. The highest BCUT2D eigenvalue weighted by Gasteiger charge is 2.30. The Morgan fingerprint density at radius 2 is 1.80 bits per heavy atom. The van der Waals surface area contributed by atoms with Gasteiger partial charge in [0.1, 0.15) is 5.82 Å². The number of halogens is 2. The maximum atomic E-state index is 12.9. The van der Waals surface area contributed by atoms with Gasteiger partial charge < -0.3 is 5.32 Å². The summed E-state index contributed by atoms with van der Waals surface area (Å²) in [6.45, 7) is 2.09. The van der Waals surface area contributed by atoms with Crippen molar-refractivity contribution in [3.05, 3.63) is 63.9 Å². The minimum atomic E-state index is -0.159. The van der Waals surface area contributed by atoms with Crippen molar-refractivity contribution < 1.29 is 4.39 Å². The summed E-state index contributed by atoms with van der Waals surface area (Å²) in [4.78, 5) is 0. The van der Waals surface area contributed by atoms with Crippen LogP contribution in [0, 0.1) is 12.7 Å². The van der Waals surface area contributed by atoms with Gasteiger partial charge in [0.05, 0.1) is 0 Å². The van der Waals surface area contributed by atoms with Crippen molar-refractivity contribution in [3.8, 4) is 0 Å². The van der Waals surface area contributed by atoms with Gasteiger partial charge in [-0.2, -0.15) is 0 Å². The summed E-state index contributed by atoms with van der Waals surface area (Å²) < 4.78 is 14.0. The zero-order chi connectivity index (χ0) is 14.1. The minimum absolute atomic E-state index is 0.159. The fraction of sp³-hybridized carbons (Fsp3) is 0.294. The molecular weight excluding hydrogens is 317 g/mol. The van der Waals surface area contributed by atoms with Crippen molar-refractivity contribution in [2.45, 2.75) is 31.7 Å². The van der Waals surface area contributed by atoms with Gasteiger partial charge in [0, 0.05) is 16.2 Å². The molecule has 1 fully saturated rings. The van der Waals surface area contributed by atoms with Gasteiger partial charge in [0.25, 0.3) is 0 Å². The molecule has 1 N–H and O–H groups in total. The average Bonchev–Trinajstić information content (AvgIpc) is 2.39. The molecule has 1 nitrogen and oxygen atoms in total. The first-order valence-electron chi connectivity index (χ1n) is 6.90. The first-order chi connectivity index (χ1) is 9.61. The van der Waals surface area contributed by atoms with E-state index in [1.807, 2.05) is 12.1 Å². The zero-order valence-corrected chi connectivity index (χ0v) is 13.0. The van der Waals surface area contributed by atoms with Crippen LogP contribution >= 0.6 is 15.9 Å². The monoisotopic (exact) mass is 333 g/mol. The normalized spacial score (nSPS) is 21.4. The molecule has 0 spiro atoms. The summed E-state index contributed by atoms with van der Waals surface area (Å²) in [5.41, 5.74) is 3.66. The van der Waals surface area contributed by atoms with Crippen LogP contribution in [0.3, 0.4) is 0 Å². The van der Waals surface area contributed by atoms with Gasteiger partial charge in [0.2, 0.25) is 0 Å². The molecule has 3 rings (SSSR count). The molecule has 0 unspecified atom stereocenters. The molecule has 0 aromatic heterocycles. The molecule has 1 aliphatic carbocycles. The summed E-state index contributed by atoms with van der Waals surface area (Å²) in [5.74, 6) is 0.401. The summed E-state index contributed by atoms with van der Waals surface area (Å²) in [6, 6.07) is 13.8. The Hall–Kier alpha value is -1.35. The highest BCUT2D eigenvalue weighted by Crippen LogP contribution is 2.38. The van der Waals surface area contributed by atoms with Crippen molar-refractivity contribution in [2.75, 3.05) is 5.32 Å². The fourth-order valence-electron chi connectivity index (χ4n) is 2.71. The predicted octanol–water partition coefficient (Wildman–Crippen LogP) is 5.25. The van der Waals surface area contributed by atoms with E-state index in [0.717, 1.165) is 17.3 Å². The highest BCUT2D eigenvalue weighted by molar-refractivity contribution is 9.10. The molecule has 0 aliphatic heterocycles. The number of aryl methyl sites for hydroxylation is 1. The second-order valence-electron chi connectivity index (χ2n) is 5.53. The Kier molecular flexibility index (Phi) is 3.79. The van der Waals surface area contributed by atoms with Crippen LogP contribution in [0.1, 0.15) is 29.9 Å². The van der Waals surface area contributed by atoms with E-state index in [9.17, 15) is 4.39 Å². The molecule has 104 valence electrons. The van der Waals surface area contributed by atoms with Crippen LogP contribution in [0.15, 0.2) is 46.9 Å². The van der Waals surface area contributed by atoms with Gasteiger partial charge in [-0.3, -0.25) is 0 Å². The molecule has 1 saturated carbocycles. The van der Waals surface area contributed by atoms with Crippen molar-refractivity contribution in [1.82, 2.24) is 0 Å². The average molecular weight is 334 g/mol. The van der Waals surface area contributed by atoms with E-state index in [1.54, 1.807) is 12.1 Å². The SMILES string of the molecule is Cc1cc(NC2CC(c3ccc(F)cc3)C2)ccc1Br. The Bertz CT molecular complexity index is 603. The quantitative estimate of drug-likeness (QED) is 0.808. The third kappa shape index (κ3) is 2.88. The van der Waals surface area contributed by atoms with E-state index in [1.165, 1.54) is 16.8 Å². The van der Waals surface area contributed by atoms with Gasteiger partial charge >= 0.3 is 0 Å². The second kappa shape index (κ2) is 5.57. The highest BCUT2D eigenvalue weighted by atomic mass is 79.9. The first-order valence-corrected chi connectivity index (χ1v) is 7.69. The summed E-state index contributed by atoms with van der Waals surface area (Å²) in [5, 5.41) is 3.56. The molecule has 2 aromatic rings. The zero-order valence-electron chi connectivity index (χ0n) is 11.4. The smallest absolute Gasteiger partial charge is 0.123 e. The van der Waals surface area contributed by atoms with E-state index in [0.29, 0.717) is 12.0 Å². The molecule has 20 heavy (non-hydrogen) atoms. The van der Waals surface area contributed by atoms with Gasteiger partial charge in [-0.05, 0) is 67.1 Å². The van der Waals surface area contributed by atoms with Crippen LogP contribution in [0.2, 0.25) is 0 Å². The van der Waals surface area contributed by atoms with E-state index >= 15 is 0 Å². The van der Waals surface area contributed by atoms with Crippen LogP contribution in [-0.4, -0.2) is 6.04 Å². The molecule has 0 bridgehead atoms. The van der Waals surface area contributed by atoms with Crippen molar-refractivity contribution in [3.63, 3.8) is 0 Å². The predicted molar refractivity (Wildman–Crippen MR) is 84.7 cm³/mol. The van der Waals surface area contributed by atoms with Crippen LogP contribution in [0.5, 0.6) is 0 Å². The number of rotatable bonds is 3. The number of anilines is 1. The third-order valence-corrected chi connectivity index (χ3v) is 4.90. The van der Waals surface area contributed by atoms with E-state index < -0.39 is 0 Å². The summed E-state index contributed by atoms with van der Waals surface area (Å²) in [6.07, 6.45) is 2.22. The molecule has 1 aliphatic rings. The largest absolute Gasteiger partial charge is 0.382 e. The lowest BCUT2D eigenvalue weighted by atomic mass is 9.76. The van der Waals surface area contributed by atoms with E-state index in [-0.39, 0.29) is 5.82 Å². The number of hydrogen-bond donors (Lipinski definition) is 1. The van der Waals surface area contributed by atoms with Crippen LogP contribution < -0.4 is 5.32 Å². The lowest BCUT2D eigenvalue weighted by Crippen LogP contribution is -2.34. The lowest BCUT2D eigenvalue weighted by molar-refractivity contribution is 0.374. The maximum Gasteiger partial charge on any atom is 0.123 e. The minimum Gasteiger partial charge on any atom is -0.382 e. The molecule has 0 amide bonds. The van der Waals surface area contributed by atoms with Crippen molar-refractivity contribution in [2.24, 2.45) is 0 Å². The van der Waals surface area contributed by atoms with Crippen LogP contribution in [0.25, 0.3) is 0 Å². The molecule has 0 atom stereocenters. The van der Waals surface area contributed by atoms with Gasteiger partial charge in [0.15, 0.2) is 0 Å². The third-order valence-electron chi connectivity index (χ3n) is 4.01. The van der Waals surface area contributed by atoms with Crippen LogP contribution in [0.4, 0.5) is 10.1 Å². The fourth-order valence-corrected chi connectivity index (χ4v) is 2.96. The van der Waals surface area contributed by atoms with E-state index in [2.05, 4.69) is 46.4 Å². The Balaban J connectivity index is 1.58. The number of benzene rings is 2.